The Morgan fingerprint density at radius 2 is 1.81 bits per heavy atom. The number of carbonyl (C=O) groups excluding carboxylic acids is 1. The second-order valence-electron chi connectivity index (χ2n) is 8.33. The van der Waals surface area contributed by atoms with Crippen molar-refractivity contribution in [3.63, 3.8) is 0 Å². The maximum Gasteiger partial charge on any atom is 0.227 e. The van der Waals surface area contributed by atoms with Crippen LogP contribution >= 0.6 is 0 Å². The van der Waals surface area contributed by atoms with Gasteiger partial charge < -0.3 is 9.47 Å². The minimum Gasteiger partial charge on any atom is -0.323 e. The van der Waals surface area contributed by atoms with Gasteiger partial charge in [-0.05, 0) is 49.2 Å². The number of amides is 1. The van der Waals surface area contributed by atoms with Crippen molar-refractivity contribution < 1.29 is 9.18 Å². The third-order valence-corrected chi connectivity index (χ3v) is 6.12. The number of aromatic nitrogens is 2. The number of hydrogen-bond acceptors (Lipinski definition) is 2. The zero-order chi connectivity index (χ0) is 21.5. The van der Waals surface area contributed by atoms with Gasteiger partial charge in [-0.25, -0.2) is 9.37 Å². The summed E-state index contributed by atoms with van der Waals surface area (Å²) in [6.45, 7) is 5.03. The fourth-order valence-electron chi connectivity index (χ4n) is 4.49. The largest absolute Gasteiger partial charge is 0.323 e. The molecule has 1 atom stereocenters. The number of hydrogen-bond donors (Lipinski definition) is 0. The van der Waals surface area contributed by atoms with Gasteiger partial charge in [-0.1, -0.05) is 42.5 Å². The first kappa shape index (κ1) is 19.5. The van der Waals surface area contributed by atoms with Crippen molar-refractivity contribution in [3.8, 4) is 0 Å². The SMILES string of the molecule is Cc1ccc(C)c(N2C[C@H](c3nc4ccccc4n3Cc3ccccc3F)CC2=O)c1. The molecule has 0 aliphatic carbocycles. The highest BCUT2D eigenvalue weighted by Crippen LogP contribution is 2.35. The molecule has 1 aliphatic heterocycles. The number of rotatable bonds is 4. The maximum absolute atomic E-state index is 14.4. The lowest BCUT2D eigenvalue weighted by Gasteiger charge is -2.20. The topological polar surface area (TPSA) is 38.1 Å². The molecule has 4 aromatic rings. The molecule has 4 nitrogen and oxygen atoms in total. The van der Waals surface area contributed by atoms with E-state index in [1.54, 1.807) is 12.1 Å². The molecule has 0 radical (unpaired) electrons. The van der Waals surface area contributed by atoms with E-state index in [0.29, 0.717) is 25.1 Å². The Hall–Kier alpha value is -3.47. The molecular weight excluding hydrogens is 389 g/mol. The van der Waals surface area contributed by atoms with Crippen molar-refractivity contribution in [1.29, 1.82) is 0 Å². The van der Waals surface area contributed by atoms with Crippen LogP contribution in [0.4, 0.5) is 10.1 Å². The minimum atomic E-state index is -0.231. The fraction of sp³-hybridized carbons (Fsp3) is 0.231. The van der Waals surface area contributed by atoms with Gasteiger partial charge in [0, 0.05) is 30.1 Å². The minimum absolute atomic E-state index is 0.0495. The highest BCUT2D eigenvalue weighted by molar-refractivity contribution is 5.97. The Kier molecular flexibility index (Phi) is 4.81. The summed E-state index contributed by atoms with van der Waals surface area (Å²) in [5.41, 5.74) is 5.61. The van der Waals surface area contributed by atoms with Crippen LogP contribution in [0.1, 0.15) is 34.9 Å². The number of halogens is 1. The predicted octanol–water partition coefficient (Wildman–Crippen LogP) is 5.36. The van der Waals surface area contributed by atoms with Crippen molar-refractivity contribution in [3.05, 3.63) is 95.1 Å². The van der Waals surface area contributed by atoms with Gasteiger partial charge in [-0.2, -0.15) is 0 Å². The number of para-hydroxylation sites is 2. The van der Waals surface area contributed by atoms with E-state index in [2.05, 4.69) is 22.8 Å². The van der Waals surface area contributed by atoms with Crippen LogP contribution in [0.25, 0.3) is 11.0 Å². The Morgan fingerprint density at radius 1 is 1.03 bits per heavy atom. The molecule has 1 amide bonds. The van der Waals surface area contributed by atoms with Crippen molar-refractivity contribution in [2.45, 2.75) is 32.7 Å². The standard InChI is InChI=1S/C26H24FN3O/c1-17-11-12-18(2)24(13-17)29-16-20(14-25(29)31)26-28-22-9-5-6-10-23(22)30(26)15-19-7-3-4-8-21(19)27/h3-13,20H,14-16H2,1-2H3/t20-/m1/s1. The van der Waals surface area contributed by atoms with E-state index in [1.807, 2.05) is 49.1 Å². The van der Waals surface area contributed by atoms with Crippen molar-refractivity contribution in [1.82, 2.24) is 9.55 Å². The number of imidazole rings is 1. The summed E-state index contributed by atoms with van der Waals surface area (Å²) in [5, 5.41) is 0. The van der Waals surface area contributed by atoms with Crippen LogP contribution < -0.4 is 4.90 Å². The lowest BCUT2D eigenvalue weighted by molar-refractivity contribution is -0.117. The lowest BCUT2D eigenvalue weighted by atomic mass is 10.1. The van der Waals surface area contributed by atoms with E-state index in [0.717, 1.165) is 33.7 Å². The van der Waals surface area contributed by atoms with Gasteiger partial charge in [-0.15, -0.1) is 0 Å². The number of benzene rings is 3. The van der Waals surface area contributed by atoms with Crippen LogP contribution in [0.15, 0.2) is 66.7 Å². The number of fused-ring (bicyclic) bond motifs is 1. The third kappa shape index (κ3) is 3.50. The zero-order valence-corrected chi connectivity index (χ0v) is 17.7. The van der Waals surface area contributed by atoms with Gasteiger partial charge >= 0.3 is 0 Å². The molecule has 3 aromatic carbocycles. The third-order valence-electron chi connectivity index (χ3n) is 6.12. The number of aryl methyl sites for hydroxylation is 2. The van der Waals surface area contributed by atoms with Crippen molar-refractivity contribution in [2.24, 2.45) is 0 Å². The smallest absolute Gasteiger partial charge is 0.227 e. The van der Waals surface area contributed by atoms with E-state index in [-0.39, 0.29) is 17.6 Å². The lowest BCUT2D eigenvalue weighted by Crippen LogP contribution is -2.25. The van der Waals surface area contributed by atoms with E-state index < -0.39 is 0 Å². The summed E-state index contributed by atoms with van der Waals surface area (Å²) in [7, 11) is 0. The van der Waals surface area contributed by atoms with E-state index in [4.69, 9.17) is 4.98 Å². The van der Waals surface area contributed by atoms with E-state index in [9.17, 15) is 9.18 Å². The zero-order valence-electron chi connectivity index (χ0n) is 17.7. The highest BCUT2D eigenvalue weighted by atomic mass is 19.1. The van der Waals surface area contributed by atoms with Gasteiger partial charge in [0.2, 0.25) is 5.91 Å². The summed E-state index contributed by atoms with van der Waals surface area (Å²) >= 11 is 0. The molecule has 0 unspecified atom stereocenters. The molecule has 1 fully saturated rings. The van der Waals surface area contributed by atoms with E-state index in [1.165, 1.54) is 6.07 Å². The van der Waals surface area contributed by atoms with Crippen LogP contribution in [-0.2, 0) is 11.3 Å². The normalized spacial score (nSPS) is 16.4. The van der Waals surface area contributed by atoms with Crippen LogP contribution in [-0.4, -0.2) is 22.0 Å². The number of carbonyl (C=O) groups is 1. The van der Waals surface area contributed by atoms with Gasteiger partial charge in [0.25, 0.3) is 0 Å². The first-order valence-corrected chi connectivity index (χ1v) is 10.6. The van der Waals surface area contributed by atoms with Crippen LogP contribution in [0.2, 0.25) is 0 Å². The second-order valence-corrected chi connectivity index (χ2v) is 8.33. The van der Waals surface area contributed by atoms with Gasteiger partial charge in [-0.3, -0.25) is 4.79 Å². The number of anilines is 1. The molecule has 2 heterocycles. The summed E-state index contributed by atoms with van der Waals surface area (Å²) in [6, 6.07) is 20.9. The molecule has 1 aliphatic rings. The molecule has 1 aromatic heterocycles. The number of nitrogens with zero attached hydrogens (tertiary/aromatic N) is 3. The predicted molar refractivity (Wildman–Crippen MR) is 121 cm³/mol. The average molecular weight is 413 g/mol. The van der Waals surface area contributed by atoms with E-state index >= 15 is 0 Å². The van der Waals surface area contributed by atoms with Crippen LogP contribution in [0.3, 0.4) is 0 Å². The van der Waals surface area contributed by atoms with Gasteiger partial charge in [0.15, 0.2) is 0 Å². The molecule has 1 saturated heterocycles. The van der Waals surface area contributed by atoms with Gasteiger partial charge in [0.1, 0.15) is 11.6 Å². The first-order valence-electron chi connectivity index (χ1n) is 10.6. The summed E-state index contributed by atoms with van der Waals surface area (Å²) < 4.78 is 16.5. The quantitative estimate of drug-likeness (QED) is 0.452. The first-order chi connectivity index (χ1) is 15.0. The van der Waals surface area contributed by atoms with Crippen LogP contribution in [0, 0.1) is 19.7 Å². The molecule has 0 saturated carbocycles. The molecule has 0 spiro atoms. The Bertz CT molecular complexity index is 1290. The molecule has 156 valence electrons. The Labute approximate surface area is 181 Å². The monoisotopic (exact) mass is 413 g/mol. The maximum atomic E-state index is 14.4. The van der Waals surface area contributed by atoms with Crippen LogP contribution in [0.5, 0.6) is 0 Å². The summed E-state index contributed by atoms with van der Waals surface area (Å²) in [5.74, 6) is 0.658. The second kappa shape index (κ2) is 7.65. The van der Waals surface area contributed by atoms with Gasteiger partial charge in [0.05, 0.1) is 17.6 Å². The summed E-state index contributed by atoms with van der Waals surface area (Å²) in [6.07, 6.45) is 0.397. The average Bonchev–Trinajstić information content (AvgIpc) is 3.32. The summed E-state index contributed by atoms with van der Waals surface area (Å²) in [4.78, 5) is 19.7. The molecular formula is C26H24FN3O. The Balaban J connectivity index is 1.55. The molecule has 5 heteroatoms. The fourth-order valence-corrected chi connectivity index (χ4v) is 4.49. The molecule has 0 N–H and O–H groups in total. The molecule has 0 bridgehead atoms. The highest BCUT2D eigenvalue weighted by Gasteiger charge is 2.35. The van der Waals surface area contributed by atoms with Crippen molar-refractivity contribution >= 4 is 22.6 Å². The Morgan fingerprint density at radius 3 is 2.65 bits per heavy atom. The molecule has 31 heavy (non-hydrogen) atoms. The molecule has 5 rings (SSSR count). The van der Waals surface area contributed by atoms with Crippen molar-refractivity contribution in [2.75, 3.05) is 11.4 Å².